The van der Waals surface area contributed by atoms with Crippen LogP contribution in [0.15, 0.2) is 42.7 Å². The van der Waals surface area contributed by atoms with Gasteiger partial charge in [0, 0.05) is 18.5 Å². The normalized spacial score (nSPS) is 17.8. The van der Waals surface area contributed by atoms with Crippen LogP contribution >= 0.6 is 0 Å². The van der Waals surface area contributed by atoms with Crippen LogP contribution in [-0.4, -0.2) is 50.3 Å². The van der Waals surface area contributed by atoms with E-state index in [0.29, 0.717) is 25.4 Å². The quantitative estimate of drug-likeness (QED) is 0.731. The minimum atomic E-state index is -0.263. The highest BCUT2D eigenvalue weighted by atomic mass is 16.5. The van der Waals surface area contributed by atoms with Crippen molar-refractivity contribution in [3.63, 3.8) is 0 Å². The van der Waals surface area contributed by atoms with Gasteiger partial charge in [0.05, 0.1) is 18.7 Å². The molecule has 0 aliphatic carbocycles. The Bertz CT molecular complexity index is 907. The number of nitrogens with zero attached hydrogens (tertiary/aromatic N) is 5. The van der Waals surface area contributed by atoms with E-state index in [-0.39, 0.29) is 12.0 Å². The van der Waals surface area contributed by atoms with Gasteiger partial charge in [-0.15, -0.1) is 10.2 Å². The second-order valence-corrected chi connectivity index (χ2v) is 5.97. The lowest BCUT2D eigenvalue weighted by Gasteiger charge is -2.32. The fourth-order valence-electron chi connectivity index (χ4n) is 3.09. The second-order valence-electron chi connectivity index (χ2n) is 5.97. The zero-order valence-electron chi connectivity index (χ0n) is 14.0. The molecule has 1 aromatic carbocycles. The van der Waals surface area contributed by atoms with Crippen molar-refractivity contribution in [1.82, 2.24) is 24.6 Å². The van der Waals surface area contributed by atoms with Crippen LogP contribution in [0.4, 0.5) is 0 Å². The number of ether oxygens (including phenoxy) is 1. The third-order valence-corrected chi connectivity index (χ3v) is 4.45. The molecule has 7 heteroatoms. The molecule has 2 aromatic heterocycles. The van der Waals surface area contributed by atoms with E-state index >= 15 is 0 Å². The molecule has 1 aliphatic rings. The summed E-state index contributed by atoms with van der Waals surface area (Å²) in [4.78, 5) is 19.2. The fourth-order valence-corrected chi connectivity index (χ4v) is 3.09. The highest BCUT2D eigenvalue weighted by Gasteiger charge is 2.29. The van der Waals surface area contributed by atoms with Gasteiger partial charge in [0.25, 0.3) is 5.91 Å². The summed E-state index contributed by atoms with van der Waals surface area (Å²) >= 11 is 0. The van der Waals surface area contributed by atoms with Crippen molar-refractivity contribution in [3.8, 4) is 0 Å². The van der Waals surface area contributed by atoms with E-state index in [2.05, 4.69) is 15.2 Å². The van der Waals surface area contributed by atoms with Crippen LogP contribution in [0, 0.1) is 0 Å². The van der Waals surface area contributed by atoms with Gasteiger partial charge in [-0.25, -0.2) is 4.98 Å². The van der Waals surface area contributed by atoms with Crippen molar-refractivity contribution in [3.05, 3.63) is 54.2 Å². The van der Waals surface area contributed by atoms with Crippen molar-refractivity contribution in [2.45, 2.75) is 19.6 Å². The molecule has 128 valence electrons. The number of pyridine rings is 1. The number of carbonyl (C=O) groups excluding carboxylic acids is 1. The molecule has 3 heterocycles. The molecule has 1 saturated heterocycles. The monoisotopic (exact) mass is 337 g/mol. The number of fused-ring (bicyclic) bond motifs is 1. The van der Waals surface area contributed by atoms with Crippen molar-refractivity contribution >= 4 is 16.8 Å². The van der Waals surface area contributed by atoms with Crippen LogP contribution in [0.2, 0.25) is 0 Å². The lowest BCUT2D eigenvalue weighted by Crippen LogP contribution is -2.43. The average molecular weight is 337 g/mol. The molecule has 0 bridgehead atoms. The SMILES string of the molecule is CCn1cnnc1[C@H]1CN(C(=O)c2ccc3ccccc3n2)CCO1. The molecule has 4 rings (SSSR count). The molecular weight excluding hydrogens is 318 g/mol. The topological polar surface area (TPSA) is 73.1 Å². The summed E-state index contributed by atoms with van der Waals surface area (Å²) < 4.78 is 7.75. The predicted molar refractivity (Wildman–Crippen MR) is 92.0 cm³/mol. The number of aryl methyl sites for hydroxylation is 1. The molecule has 1 fully saturated rings. The summed E-state index contributed by atoms with van der Waals surface area (Å²) in [5.41, 5.74) is 1.28. The Morgan fingerprint density at radius 2 is 2.16 bits per heavy atom. The number of hydrogen-bond acceptors (Lipinski definition) is 5. The average Bonchev–Trinajstić information content (AvgIpc) is 3.16. The molecule has 0 unspecified atom stereocenters. The van der Waals surface area contributed by atoms with E-state index in [0.717, 1.165) is 23.3 Å². The van der Waals surface area contributed by atoms with Gasteiger partial charge in [0.15, 0.2) is 5.82 Å². The zero-order valence-corrected chi connectivity index (χ0v) is 14.0. The maximum atomic E-state index is 12.9. The van der Waals surface area contributed by atoms with Crippen molar-refractivity contribution in [2.75, 3.05) is 19.7 Å². The first-order valence-corrected chi connectivity index (χ1v) is 8.40. The van der Waals surface area contributed by atoms with Crippen LogP contribution in [-0.2, 0) is 11.3 Å². The summed E-state index contributed by atoms with van der Waals surface area (Å²) in [7, 11) is 0. The minimum absolute atomic E-state index is 0.0818. The Morgan fingerprint density at radius 3 is 3.04 bits per heavy atom. The molecular formula is C18H19N5O2. The molecule has 0 spiro atoms. The van der Waals surface area contributed by atoms with Crippen LogP contribution < -0.4 is 0 Å². The number of amides is 1. The summed E-state index contributed by atoms with van der Waals surface area (Å²) in [5, 5.41) is 9.12. The van der Waals surface area contributed by atoms with Crippen LogP contribution in [0.25, 0.3) is 10.9 Å². The van der Waals surface area contributed by atoms with Gasteiger partial charge in [-0.2, -0.15) is 0 Å². The largest absolute Gasteiger partial charge is 0.366 e. The summed E-state index contributed by atoms with van der Waals surface area (Å²) in [6.07, 6.45) is 1.42. The first kappa shape index (κ1) is 15.7. The number of morpholine rings is 1. The maximum absolute atomic E-state index is 12.9. The number of carbonyl (C=O) groups is 1. The van der Waals surface area contributed by atoms with Gasteiger partial charge in [-0.05, 0) is 19.1 Å². The van der Waals surface area contributed by atoms with Gasteiger partial charge >= 0.3 is 0 Å². The number of hydrogen-bond donors (Lipinski definition) is 0. The Hall–Kier alpha value is -2.80. The molecule has 25 heavy (non-hydrogen) atoms. The van der Waals surface area contributed by atoms with Gasteiger partial charge in [-0.1, -0.05) is 24.3 Å². The van der Waals surface area contributed by atoms with E-state index in [1.807, 2.05) is 41.8 Å². The molecule has 0 N–H and O–H groups in total. The first-order valence-electron chi connectivity index (χ1n) is 8.40. The highest BCUT2D eigenvalue weighted by Crippen LogP contribution is 2.22. The van der Waals surface area contributed by atoms with Crippen LogP contribution in [0.1, 0.15) is 29.3 Å². The predicted octanol–water partition coefficient (Wildman–Crippen LogP) is 2.06. The molecule has 3 aromatic rings. The number of para-hydroxylation sites is 1. The Morgan fingerprint density at radius 1 is 1.28 bits per heavy atom. The standard InChI is InChI=1S/C18H19N5O2/c1-2-22-12-19-21-17(22)16-11-23(9-10-25-16)18(24)15-8-7-13-5-3-4-6-14(13)20-15/h3-8,12,16H,2,9-11H2,1H3/t16-/m1/s1. The van der Waals surface area contributed by atoms with E-state index in [1.165, 1.54) is 0 Å². The Balaban J connectivity index is 1.56. The van der Waals surface area contributed by atoms with Gasteiger partial charge in [-0.3, -0.25) is 4.79 Å². The lowest BCUT2D eigenvalue weighted by atomic mass is 10.2. The number of rotatable bonds is 3. The Labute approximate surface area is 145 Å². The van der Waals surface area contributed by atoms with E-state index in [4.69, 9.17) is 4.74 Å². The molecule has 1 amide bonds. The second kappa shape index (κ2) is 6.60. The summed E-state index contributed by atoms with van der Waals surface area (Å²) in [5.74, 6) is 0.674. The van der Waals surface area contributed by atoms with Crippen molar-refractivity contribution < 1.29 is 9.53 Å². The highest BCUT2D eigenvalue weighted by molar-refractivity contribution is 5.95. The zero-order chi connectivity index (χ0) is 17.2. The molecule has 1 atom stereocenters. The molecule has 0 radical (unpaired) electrons. The molecule has 1 aliphatic heterocycles. The van der Waals surface area contributed by atoms with Crippen LogP contribution in [0.5, 0.6) is 0 Å². The maximum Gasteiger partial charge on any atom is 0.272 e. The molecule has 7 nitrogen and oxygen atoms in total. The number of aromatic nitrogens is 4. The van der Waals surface area contributed by atoms with Crippen molar-refractivity contribution in [2.24, 2.45) is 0 Å². The summed E-state index contributed by atoms with van der Waals surface area (Å²) in [6.45, 7) is 4.26. The van der Waals surface area contributed by atoms with Gasteiger partial charge in [0.1, 0.15) is 18.1 Å². The number of benzene rings is 1. The fraction of sp³-hybridized carbons (Fsp3) is 0.333. The van der Waals surface area contributed by atoms with Crippen molar-refractivity contribution in [1.29, 1.82) is 0 Å². The third kappa shape index (κ3) is 2.98. The summed E-state index contributed by atoms with van der Waals surface area (Å²) in [6, 6.07) is 11.5. The Kier molecular flexibility index (Phi) is 4.15. The first-order chi connectivity index (χ1) is 12.3. The van der Waals surface area contributed by atoms with Crippen LogP contribution in [0.3, 0.4) is 0 Å². The van der Waals surface area contributed by atoms with E-state index in [1.54, 1.807) is 17.3 Å². The smallest absolute Gasteiger partial charge is 0.272 e. The lowest BCUT2D eigenvalue weighted by molar-refractivity contribution is -0.0285. The van der Waals surface area contributed by atoms with Gasteiger partial charge < -0.3 is 14.2 Å². The third-order valence-electron chi connectivity index (χ3n) is 4.45. The minimum Gasteiger partial charge on any atom is -0.366 e. The molecule has 0 saturated carbocycles. The van der Waals surface area contributed by atoms with E-state index in [9.17, 15) is 4.79 Å². The van der Waals surface area contributed by atoms with Gasteiger partial charge in [0.2, 0.25) is 0 Å². The van der Waals surface area contributed by atoms with E-state index < -0.39 is 0 Å².